The Morgan fingerprint density at radius 3 is 1.32 bits per heavy atom. The van der Waals surface area contributed by atoms with Gasteiger partial charge in [0.15, 0.2) is 0 Å². The highest BCUT2D eigenvalue weighted by Crippen LogP contribution is 2.25. The Balaban J connectivity index is 4.32. The Bertz CT molecular complexity index is 2330. The van der Waals surface area contributed by atoms with Crippen molar-refractivity contribution in [3.63, 3.8) is 0 Å². The monoisotopic (exact) mass is 1200 g/mol. The van der Waals surface area contributed by atoms with Gasteiger partial charge in [0.25, 0.3) is 0 Å². The molecule has 0 radical (unpaired) electrons. The molecule has 0 aromatic heterocycles. The maximum Gasteiger partial charge on any atom is 0.246 e. The number of allylic oxidation sites excluding steroid dienone is 1. The van der Waals surface area contributed by atoms with Crippen LogP contribution < -0.4 is 21.3 Å². The zero-order chi connectivity index (χ0) is 66.0. The molecular formula is C61H109N11O13. The molecule has 0 saturated carbocycles. The van der Waals surface area contributed by atoms with Crippen LogP contribution in [0, 0.1) is 41.4 Å². The predicted octanol–water partition coefficient (Wildman–Crippen LogP) is 2.76. The minimum Gasteiger partial charge on any atom is -0.516 e. The summed E-state index contributed by atoms with van der Waals surface area (Å²) in [5, 5.41) is 32.4. The highest BCUT2D eigenvalue weighted by atomic mass is 16.3. The lowest BCUT2D eigenvalue weighted by molar-refractivity contribution is -0.157. The average Bonchev–Trinajstić information content (AvgIpc) is 2.61. The van der Waals surface area contributed by atoms with E-state index in [-0.39, 0.29) is 62.2 Å². The van der Waals surface area contributed by atoms with Crippen molar-refractivity contribution < 1.29 is 63.0 Å². The lowest BCUT2D eigenvalue weighted by Crippen LogP contribution is -2.63. The van der Waals surface area contributed by atoms with Gasteiger partial charge in [0.2, 0.25) is 65.0 Å². The molecule has 0 aliphatic carbocycles. The number of aliphatic hydroxyl groups excluding tert-OH is 2. The number of aliphatic hydroxyl groups is 2. The van der Waals surface area contributed by atoms with Crippen molar-refractivity contribution >= 4 is 65.0 Å². The van der Waals surface area contributed by atoms with Crippen LogP contribution in [0.15, 0.2) is 12.3 Å². The van der Waals surface area contributed by atoms with Gasteiger partial charge < -0.3 is 65.8 Å². The molecule has 24 nitrogen and oxygen atoms in total. The second-order valence-corrected chi connectivity index (χ2v) is 25.9. The lowest BCUT2D eigenvalue weighted by atomic mass is 9.91. The Hall–Kier alpha value is -6.33. The minimum absolute atomic E-state index is 0.0102. The van der Waals surface area contributed by atoms with Crippen molar-refractivity contribution in [1.82, 2.24) is 55.6 Å². The van der Waals surface area contributed by atoms with Gasteiger partial charge in [0.1, 0.15) is 60.4 Å². The third kappa shape index (κ3) is 21.5. The van der Waals surface area contributed by atoms with E-state index in [2.05, 4.69) is 21.3 Å². The van der Waals surface area contributed by atoms with E-state index in [1.165, 1.54) is 93.8 Å². The maximum atomic E-state index is 15.1. The molecule has 1 saturated heterocycles. The predicted molar refractivity (Wildman–Crippen MR) is 325 cm³/mol. The van der Waals surface area contributed by atoms with Gasteiger partial charge in [-0.25, -0.2) is 0 Å². The van der Waals surface area contributed by atoms with Crippen molar-refractivity contribution in [3.8, 4) is 0 Å². The number of nitrogens with one attached hydrogen (secondary N) is 4. The van der Waals surface area contributed by atoms with Crippen LogP contribution in [0.25, 0.3) is 0 Å². The van der Waals surface area contributed by atoms with Crippen molar-refractivity contribution in [2.75, 3.05) is 55.9 Å². The van der Waals surface area contributed by atoms with Gasteiger partial charge in [-0.2, -0.15) is 0 Å². The van der Waals surface area contributed by atoms with Crippen molar-refractivity contribution in [2.24, 2.45) is 41.4 Å². The molecule has 1 heterocycles. The number of hydrogen-bond donors (Lipinski definition) is 6. The number of carbonyl (C=O) groups is 11. The van der Waals surface area contributed by atoms with Gasteiger partial charge in [0, 0.05) is 49.3 Å². The van der Waals surface area contributed by atoms with Crippen molar-refractivity contribution in [2.45, 2.75) is 216 Å². The Morgan fingerprint density at radius 2 is 0.871 bits per heavy atom. The molecule has 0 aromatic carbocycles. The number of hydrogen-bond acceptors (Lipinski definition) is 13. The summed E-state index contributed by atoms with van der Waals surface area (Å²) < 4.78 is 0. The van der Waals surface area contributed by atoms with E-state index in [4.69, 9.17) is 0 Å². The fraction of sp³-hybridized carbons (Fsp3) is 0.787. The molecule has 0 bridgehead atoms. The minimum atomic E-state index is -1.69. The molecule has 85 heavy (non-hydrogen) atoms. The van der Waals surface area contributed by atoms with Gasteiger partial charge in [-0.3, -0.25) is 52.7 Å². The van der Waals surface area contributed by atoms with E-state index in [0.29, 0.717) is 0 Å². The molecule has 24 heteroatoms. The second-order valence-electron chi connectivity index (χ2n) is 25.9. The molecule has 12 atom stereocenters. The van der Waals surface area contributed by atoms with Gasteiger partial charge in [-0.05, 0) is 99.9 Å². The van der Waals surface area contributed by atoms with Crippen LogP contribution in [0.1, 0.15) is 149 Å². The molecule has 6 N–H and O–H groups in total. The largest absolute Gasteiger partial charge is 0.516 e. The summed E-state index contributed by atoms with van der Waals surface area (Å²) in [5.74, 6) is -10.2. The van der Waals surface area contributed by atoms with E-state index in [1.54, 1.807) is 41.5 Å². The van der Waals surface area contributed by atoms with Crippen molar-refractivity contribution in [1.29, 1.82) is 0 Å². The van der Waals surface area contributed by atoms with Gasteiger partial charge >= 0.3 is 0 Å². The van der Waals surface area contributed by atoms with Crippen LogP contribution in [-0.2, 0) is 52.7 Å². The van der Waals surface area contributed by atoms with Gasteiger partial charge in [0.05, 0.1) is 18.9 Å². The fourth-order valence-electron chi connectivity index (χ4n) is 10.6. The number of rotatable bonds is 15. The Morgan fingerprint density at radius 1 is 0.459 bits per heavy atom. The molecule has 2 unspecified atom stereocenters. The van der Waals surface area contributed by atoms with Crippen LogP contribution >= 0.6 is 0 Å². The first-order chi connectivity index (χ1) is 39.2. The number of amides is 11. The first-order valence-electron chi connectivity index (χ1n) is 30.2. The van der Waals surface area contributed by atoms with Gasteiger partial charge in [-0.15, -0.1) is 0 Å². The van der Waals surface area contributed by atoms with E-state index in [1.807, 2.05) is 55.4 Å². The molecule has 1 aliphatic rings. The molecule has 0 spiro atoms. The molecule has 1 rings (SSSR count). The highest BCUT2D eigenvalue weighted by Gasteiger charge is 2.45. The smallest absolute Gasteiger partial charge is 0.246 e. The molecule has 1 fully saturated rings. The first-order valence-corrected chi connectivity index (χ1v) is 30.2. The number of nitrogens with zero attached hydrogens (tertiary/aromatic N) is 7. The lowest BCUT2D eigenvalue weighted by Gasteiger charge is -2.41. The topological polar surface area (TPSA) is 299 Å². The third-order valence-corrected chi connectivity index (χ3v) is 15.9. The zero-order valence-corrected chi connectivity index (χ0v) is 55.5. The molecule has 1 aliphatic heterocycles. The average molecular weight is 1200 g/mol. The standard InChI is InChI=1S/C61H109N11O13/c1-24-42-57(81)66(17)32-47(74)67(18)43(28-33(2)3)54(78)65-48(37(10)11)60(84)68(19)44(29-34(4)5)53(77)62-40(15)52(76)63-41(16)56(80)69(20)45(30-35(6)7)58(82)70(21)46(31-36(8)9)59(83)71(22)49(38(12)13)61(85)72(23)50(55(79)64-42)51(75)39(14)26-25-27-73/h25,27,33-46,48-51,73,75H,24,26,28-32H2,1-23H3,(H,62,77)(H,63,76)(H,64,79)(H,65,78)/b27-25+/t39?,40-,41+,42-,43-,44-,45-,46-,48-,49-,50-,51?/m0/s1. The van der Waals surface area contributed by atoms with Crippen LogP contribution in [0.3, 0.4) is 0 Å². The quantitative estimate of drug-likeness (QED) is 0.129. The SMILES string of the molecule is CC[C@@H]1NC(=O)[C@H](C(O)C(C)C/C=C/O)N(C)C(=O)[C@H](C(C)C)N(C)C(=O)[C@H](CC(C)C)N(C)C(=O)[C@H](CC(C)C)N(C)C(=O)[C@@H](C)NC(=O)[C@H](C)NC(=O)[C@H](CC(C)C)N(C)C(=O)[C@H](C(C)C)NC(=O)[C@H](CC(C)C)N(C)C(=O)CN(C)C1=O. The van der Waals surface area contributed by atoms with E-state index < -0.39 is 156 Å². The number of carbonyl (C=O) groups excluding carboxylic acids is 11. The summed E-state index contributed by atoms with van der Waals surface area (Å²) in [6.07, 6.45) is 1.15. The maximum absolute atomic E-state index is 15.1. The summed E-state index contributed by atoms with van der Waals surface area (Å²) in [6, 6.07) is -12.6. The number of likely N-dealkylation sites (N-methyl/N-ethyl adjacent to an activating group) is 7. The van der Waals surface area contributed by atoms with E-state index >= 15 is 9.59 Å². The van der Waals surface area contributed by atoms with E-state index in [0.717, 1.165) is 16.1 Å². The fourth-order valence-corrected chi connectivity index (χ4v) is 10.6. The second kappa shape index (κ2) is 34.7. The normalized spacial score (nSPS) is 26.9. The summed E-state index contributed by atoms with van der Waals surface area (Å²) in [4.78, 5) is 168. The Labute approximate surface area is 507 Å². The van der Waals surface area contributed by atoms with Gasteiger partial charge in [-0.1, -0.05) is 96.9 Å². The molecule has 0 aromatic rings. The van der Waals surface area contributed by atoms with Crippen LogP contribution in [0.5, 0.6) is 0 Å². The van der Waals surface area contributed by atoms with Crippen molar-refractivity contribution in [3.05, 3.63) is 12.3 Å². The molecular weight excluding hydrogens is 1090 g/mol. The first kappa shape index (κ1) is 76.7. The summed E-state index contributed by atoms with van der Waals surface area (Å²) in [7, 11) is 9.76. The van der Waals surface area contributed by atoms with Crippen LogP contribution in [-0.4, -0.2) is 232 Å². The molecule has 11 amide bonds. The van der Waals surface area contributed by atoms with E-state index in [9.17, 15) is 53.4 Å². The molecule has 486 valence electrons. The third-order valence-electron chi connectivity index (χ3n) is 15.9. The summed E-state index contributed by atoms with van der Waals surface area (Å²) in [6.45, 7) is 27.2. The zero-order valence-electron chi connectivity index (χ0n) is 55.5. The van der Waals surface area contributed by atoms with Crippen LogP contribution in [0.2, 0.25) is 0 Å². The van der Waals surface area contributed by atoms with Crippen LogP contribution in [0.4, 0.5) is 0 Å². The summed E-state index contributed by atoms with van der Waals surface area (Å²) in [5.41, 5.74) is 0. The Kier molecular flexibility index (Phi) is 31.3. The highest BCUT2D eigenvalue weighted by molar-refractivity contribution is 5.99. The summed E-state index contributed by atoms with van der Waals surface area (Å²) >= 11 is 0.